The first-order valence-corrected chi connectivity index (χ1v) is 15.8. The van der Waals surface area contributed by atoms with Crippen LogP contribution in [0.2, 0.25) is 0 Å². The lowest BCUT2D eigenvalue weighted by Gasteiger charge is -2.50. The molecule has 45 heavy (non-hydrogen) atoms. The van der Waals surface area contributed by atoms with Crippen molar-refractivity contribution in [2.24, 2.45) is 34.3 Å². The Labute approximate surface area is 263 Å². The number of carbonyl (C=O) groups is 3. The summed E-state index contributed by atoms with van der Waals surface area (Å²) in [7, 11) is 6.98. The number of aromatic hydroxyl groups is 1. The van der Waals surface area contributed by atoms with Crippen LogP contribution in [0.5, 0.6) is 5.75 Å². The van der Waals surface area contributed by atoms with E-state index in [-0.39, 0.29) is 40.6 Å². The topological polar surface area (TPSA) is 177 Å². The predicted molar refractivity (Wildman–Crippen MR) is 168 cm³/mol. The summed E-state index contributed by atoms with van der Waals surface area (Å²) in [5, 5.41) is 49.7. The minimum absolute atomic E-state index is 0.0543. The van der Waals surface area contributed by atoms with E-state index in [0.717, 1.165) is 17.7 Å². The lowest BCUT2D eigenvalue weighted by molar-refractivity contribution is -0.153. The maximum atomic E-state index is 14.1. The molecule has 5 aliphatic rings. The third-order valence-corrected chi connectivity index (χ3v) is 12.6. The summed E-state index contributed by atoms with van der Waals surface area (Å²) < 4.78 is 0. The zero-order valence-corrected chi connectivity index (χ0v) is 27.2. The highest BCUT2D eigenvalue weighted by Gasteiger charge is 2.64. The zero-order chi connectivity index (χ0) is 33.1. The number of anilines is 1. The van der Waals surface area contributed by atoms with Gasteiger partial charge >= 0.3 is 0 Å². The Morgan fingerprint density at radius 3 is 2.29 bits per heavy atom. The van der Waals surface area contributed by atoms with Crippen molar-refractivity contribution in [1.82, 2.24) is 10.2 Å². The fourth-order valence-corrected chi connectivity index (χ4v) is 9.81. The van der Waals surface area contributed by atoms with Crippen LogP contribution in [-0.2, 0) is 27.3 Å². The van der Waals surface area contributed by atoms with Gasteiger partial charge < -0.3 is 36.4 Å². The normalized spacial score (nSPS) is 35.1. The molecule has 5 aliphatic carbocycles. The molecule has 6 rings (SSSR count). The number of aliphatic hydroxyl groups excluding tert-OH is 2. The molecule has 2 bridgehead atoms. The van der Waals surface area contributed by atoms with E-state index in [1.54, 1.807) is 20.2 Å². The first kappa shape index (κ1) is 31.6. The molecule has 0 aliphatic heterocycles. The van der Waals surface area contributed by atoms with Crippen molar-refractivity contribution in [3.8, 4) is 5.75 Å². The number of aliphatic hydroxyl groups is 3. The van der Waals surface area contributed by atoms with Crippen LogP contribution in [0.3, 0.4) is 0 Å². The van der Waals surface area contributed by atoms with Crippen LogP contribution in [-0.4, -0.2) is 88.7 Å². The van der Waals surface area contributed by atoms with Crippen LogP contribution in [0.15, 0.2) is 23.0 Å². The molecule has 7 atom stereocenters. The Morgan fingerprint density at radius 2 is 1.76 bits per heavy atom. The molecule has 1 aromatic rings. The summed E-state index contributed by atoms with van der Waals surface area (Å²) in [5.74, 6) is -5.86. The standard InChI is InChI=1S/C34H46N4O7/c1-32(2)17-8-9-33(32,3)21(13-17)36-14-16-12-20(39)23-18(25(16)37(4)5)10-15-11-19-26(38(6)7)28(41)24(31(35)44)30(43)34(19,45)29(42)22(15)27(23)40/h12,15,17,19,21,26,36,39-40,43,45H,8-11,13-14H2,1-7H3,(H2,35,44)/t15-,17?,19-,21-,26-,33?,34-/m0/s1. The lowest BCUT2D eigenvalue weighted by atomic mass is 9.57. The molecule has 2 unspecified atom stereocenters. The number of fused-ring (bicyclic) bond motifs is 5. The van der Waals surface area contributed by atoms with Gasteiger partial charge in [0.2, 0.25) is 5.78 Å². The van der Waals surface area contributed by atoms with Gasteiger partial charge in [0, 0.05) is 43.9 Å². The van der Waals surface area contributed by atoms with Crippen LogP contribution in [0.1, 0.15) is 63.1 Å². The van der Waals surface area contributed by atoms with Crippen molar-refractivity contribution < 1.29 is 34.8 Å². The van der Waals surface area contributed by atoms with Crippen molar-refractivity contribution in [2.45, 2.75) is 77.1 Å². The summed E-state index contributed by atoms with van der Waals surface area (Å²) >= 11 is 0. The third-order valence-electron chi connectivity index (χ3n) is 12.6. The van der Waals surface area contributed by atoms with Gasteiger partial charge in [0.05, 0.1) is 11.6 Å². The summed E-state index contributed by atoms with van der Waals surface area (Å²) in [5.41, 5.74) is 4.65. The van der Waals surface area contributed by atoms with Gasteiger partial charge in [0.25, 0.3) is 5.91 Å². The molecule has 11 heteroatoms. The summed E-state index contributed by atoms with van der Waals surface area (Å²) in [6.07, 6.45) is 3.82. The summed E-state index contributed by atoms with van der Waals surface area (Å²) in [4.78, 5) is 43.2. The molecular weight excluding hydrogens is 576 g/mol. The second-order valence-corrected chi connectivity index (χ2v) is 15.2. The van der Waals surface area contributed by atoms with E-state index in [1.807, 2.05) is 19.0 Å². The van der Waals surface area contributed by atoms with Crippen molar-refractivity contribution in [2.75, 3.05) is 33.1 Å². The number of ketones is 2. The van der Waals surface area contributed by atoms with E-state index >= 15 is 0 Å². The number of primary amides is 1. The molecule has 0 spiro atoms. The van der Waals surface area contributed by atoms with Gasteiger partial charge in [-0.2, -0.15) is 0 Å². The molecule has 0 radical (unpaired) electrons. The van der Waals surface area contributed by atoms with Crippen molar-refractivity contribution in [3.05, 3.63) is 39.7 Å². The minimum atomic E-state index is -2.65. The number of likely N-dealkylation sites (N-methyl/N-ethyl adjacent to an activating group) is 1. The smallest absolute Gasteiger partial charge is 0.255 e. The van der Waals surface area contributed by atoms with Crippen LogP contribution < -0.4 is 16.0 Å². The monoisotopic (exact) mass is 622 g/mol. The van der Waals surface area contributed by atoms with Gasteiger partial charge in [-0.05, 0) is 86.1 Å². The van der Waals surface area contributed by atoms with Gasteiger partial charge in [-0.15, -0.1) is 0 Å². The lowest BCUT2D eigenvalue weighted by Crippen LogP contribution is -2.65. The average Bonchev–Trinajstić information content (AvgIpc) is 3.26. The molecule has 1 amide bonds. The number of nitrogens with zero attached hydrogens (tertiary/aromatic N) is 2. The van der Waals surface area contributed by atoms with Crippen molar-refractivity contribution >= 4 is 28.9 Å². The third kappa shape index (κ3) is 4.02. The van der Waals surface area contributed by atoms with Gasteiger partial charge in [-0.3, -0.25) is 19.3 Å². The van der Waals surface area contributed by atoms with Gasteiger partial charge in [-0.1, -0.05) is 20.8 Å². The van der Waals surface area contributed by atoms with Crippen LogP contribution in [0.4, 0.5) is 5.69 Å². The molecule has 0 heterocycles. The molecule has 11 nitrogen and oxygen atoms in total. The van der Waals surface area contributed by atoms with Crippen LogP contribution in [0.25, 0.3) is 5.76 Å². The SMILES string of the molecule is CN(C)c1c(CN[C@H]2CC3CCC2(C)C3(C)C)cc(O)c2c1C[C@H]1C[C@H]3[C@H](N(C)C)C(=O)C(C(N)=O)=C(O)[C@@]3(O)C(=O)C1=C2O. The molecule has 0 saturated heterocycles. The first-order valence-electron chi connectivity index (χ1n) is 15.8. The van der Waals surface area contributed by atoms with E-state index < -0.39 is 58.0 Å². The number of hydrogen-bond acceptors (Lipinski definition) is 10. The van der Waals surface area contributed by atoms with E-state index in [4.69, 9.17) is 5.73 Å². The number of phenols is 1. The molecule has 244 valence electrons. The average molecular weight is 623 g/mol. The Balaban J connectivity index is 1.43. The molecule has 3 saturated carbocycles. The maximum Gasteiger partial charge on any atom is 0.255 e. The molecular formula is C34H46N4O7. The molecule has 1 aromatic carbocycles. The van der Waals surface area contributed by atoms with Gasteiger partial charge in [0.1, 0.15) is 22.8 Å². The number of benzene rings is 1. The maximum absolute atomic E-state index is 14.1. The number of Topliss-reactive ketones (excluding diaryl/α,β-unsaturated/α-hetero) is 2. The van der Waals surface area contributed by atoms with Crippen LogP contribution >= 0.6 is 0 Å². The van der Waals surface area contributed by atoms with Crippen molar-refractivity contribution in [1.29, 1.82) is 0 Å². The first-order chi connectivity index (χ1) is 20.9. The second kappa shape index (κ2) is 10.0. The Kier molecular flexibility index (Phi) is 7.05. The number of rotatable bonds is 6. The quantitative estimate of drug-likeness (QED) is 0.258. The Hall–Kier alpha value is -3.41. The number of hydrogen-bond donors (Lipinski definition) is 6. The highest BCUT2D eigenvalue weighted by molar-refractivity contribution is 6.24. The fourth-order valence-electron chi connectivity index (χ4n) is 9.81. The molecule has 3 fully saturated rings. The van der Waals surface area contributed by atoms with Gasteiger partial charge in [0.15, 0.2) is 11.4 Å². The van der Waals surface area contributed by atoms with E-state index in [2.05, 4.69) is 26.1 Å². The number of amides is 1. The molecule has 7 N–H and O–H groups in total. The van der Waals surface area contributed by atoms with E-state index in [9.17, 15) is 34.8 Å². The van der Waals surface area contributed by atoms with Crippen LogP contribution in [0, 0.1) is 28.6 Å². The number of phenolic OH excluding ortho intramolecular Hbond substituents is 1. The number of carbonyl (C=O) groups excluding carboxylic acids is 3. The number of nitrogens with one attached hydrogen (secondary N) is 1. The Morgan fingerprint density at radius 1 is 1.09 bits per heavy atom. The van der Waals surface area contributed by atoms with Gasteiger partial charge in [-0.25, -0.2) is 0 Å². The zero-order valence-electron chi connectivity index (χ0n) is 27.2. The van der Waals surface area contributed by atoms with E-state index in [1.165, 1.54) is 17.7 Å². The highest BCUT2D eigenvalue weighted by Crippen LogP contribution is 2.65. The number of nitrogens with two attached hydrogens (primary N) is 1. The second-order valence-electron chi connectivity index (χ2n) is 15.2. The Bertz CT molecular complexity index is 1590. The predicted octanol–water partition coefficient (Wildman–Crippen LogP) is 2.33. The summed E-state index contributed by atoms with van der Waals surface area (Å²) in [6.45, 7) is 7.61. The largest absolute Gasteiger partial charge is 0.508 e. The minimum Gasteiger partial charge on any atom is -0.508 e. The van der Waals surface area contributed by atoms with E-state index in [0.29, 0.717) is 24.1 Å². The highest BCUT2D eigenvalue weighted by atomic mass is 16.3. The fraction of sp³-hybridized carbons (Fsp3) is 0.618. The molecule has 0 aromatic heterocycles. The summed E-state index contributed by atoms with van der Waals surface area (Å²) in [6, 6.07) is 0.825. The van der Waals surface area contributed by atoms with Crippen molar-refractivity contribution in [3.63, 3.8) is 0 Å².